The molecule has 0 aliphatic carbocycles. The number of nitrogens with one attached hydrogen (secondary N) is 1. The number of benzene rings is 2. The molecular formula is C16H15N3O3S. The van der Waals surface area contributed by atoms with Crippen molar-refractivity contribution in [1.82, 2.24) is 9.36 Å². The number of rotatable bonds is 4. The molecule has 1 N–H and O–H groups in total. The molecule has 0 saturated carbocycles. The summed E-state index contributed by atoms with van der Waals surface area (Å²) in [5.74, 6) is 0. The van der Waals surface area contributed by atoms with Gasteiger partial charge in [-0.3, -0.25) is 14.2 Å². The fourth-order valence-electron chi connectivity index (χ4n) is 2.30. The van der Waals surface area contributed by atoms with Gasteiger partial charge in [0.15, 0.2) is 0 Å². The number of aryl methyl sites for hydroxylation is 1. The smallest absolute Gasteiger partial charge is 0.286 e. The molecule has 0 atom stereocenters. The molecule has 118 valence electrons. The first-order valence-corrected chi connectivity index (χ1v) is 8.39. The number of para-hydroxylation sites is 1. The molecule has 3 aromatic rings. The third-order valence-corrected chi connectivity index (χ3v) is 4.73. The lowest BCUT2D eigenvalue weighted by atomic mass is 10.3. The van der Waals surface area contributed by atoms with Crippen molar-refractivity contribution >= 4 is 15.7 Å². The van der Waals surface area contributed by atoms with Gasteiger partial charge in [0.25, 0.3) is 15.6 Å². The van der Waals surface area contributed by atoms with Crippen LogP contribution in [0.3, 0.4) is 0 Å². The van der Waals surface area contributed by atoms with Crippen LogP contribution in [0, 0.1) is 0 Å². The fourth-order valence-corrected chi connectivity index (χ4v) is 3.36. The van der Waals surface area contributed by atoms with E-state index in [2.05, 4.69) is 4.72 Å². The summed E-state index contributed by atoms with van der Waals surface area (Å²) in [5.41, 5.74) is 0.226. The summed E-state index contributed by atoms with van der Waals surface area (Å²) >= 11 is 0. The van der Waals surface area contributed by atoms with Crippen LogP contribution in [0.15, 0.2) is 76.6 Å². The Morgan fingerprint density at radius 3 is 2.09 bits per heavy atom. The quantitative estimate of drug-likeness (QED) is 0.795. The van der Waals surface area contributed by atoms with Crippen LogP contribution in [-0.2, 0) is 17.1 Å². The highest BCUT2D eigenvalue weighted by atomic mass is 32.2. The third kappa shape index (κ3) is 2.91. The van der Waals surface area contributed by atoms with Gasteiger partial charge in [0.1, 0.15) is 5.69 Å². The first kappa shape index (κ1) is 15.1. The highest BCUT2D eigenvalue weighted by Crippen LogP contribution is 2.14. The minimum atomic E-state index is -3.80. The van der Waals surface area contributed by atoms with Crippen molar-refractivity contribution in [1.29, 1.82) is 0 Å². The van der Waals surface area contributed by atoms with Crippen LogP contribution in [0.25, 0.3) is 5.69 Å². The van der Waals surface area contributed by atoms with Gasteiger partial charge in [-0.25, -0.2) is 13.1 Å². The first-order valence-electron chi connectivity index (χ1n) is 6.91. The van der Waals surface area contributed by atoms with Crippen LogP contribution >= 0.6 is 0 Å². The highest BCUT2D eigenvalue weighted by Gasteiger charge is 2.18. The standard InChI is InChI=1S/C16H15N3O3S/c1-18-12-15(16(20)19(18)13-8-4-2-5-9-13)17-23(21,22)14-10-6-3-7-11-14/h2-12,17H,1H3. The average Bonchev–Trinajstić information content (AvgIpc) is 2.82. The van der Waals surface area contributed by atoms with Crippen molar-refractivity contribution < 1.29 is 8.42 Å². The van der Waals surface area contributed by atoms with E-state index in [1.54, 1.807) is 42.1 Å². The lowest BCUT2D eigenvalue weighted by Crippen LogP contribution is -2.23. The Morgan fingerprint density at radius 2 is 1.48 bits per heavy atom. The van der Waals surface area contributed by atoms with Gasteiger partial charge < -0.3 is 0 Å². The van der Waals surface area contributed by atoms with Gasteiger partial charge in [0, 0.05) is 7.05 Å². The Bertz CT molecular complexity index is 974. The van der Waals surface area contributed by atoms with Gasteiger partial charge in [-0.15, -0.1) is 0 Å². The molecule has 7 heteroatoms. The van der Waals surface area contributed by atoms with E-state index in [0.717, 1.165) is 0 Å². The van der Waals surface area contributed by atoms with Crippen molar-refractivity contribution in [2.24, 2.45) is 7.05 Å². The van der Waals surface area contributed by atoms with Crippen LogP contribution in [0.1, 0.15) is 0 Å². The molecule has 2 aromatic carbocycles. The first-order chi connectivity index (χ1) is 11.0. The largest absolute Gasteiger partial charge is 0.295 e. The van der Waals surface area contributed by atoms with Crippen LogP contribution in [0.5, 0.6) is 0 Å². The Balaban J connectivity index is 2.02. The van der Waals surface area contributed by atoms with Crippen LogP contribution in [0.4, 0.5) is 5.69 Å². The highest BCUT2D eigenvalue weighted by molar-refractivity contribution is 7.92. The molecule has 1 heterocycles. The van der Waals surface area contributed by atoms with Gasteiger partial charge in [-0.2, -0.15) is 0 Å². The maximum atomic E-state index is 12.5. The molecule has 1 aromatic heterocycles. The van der Waals surface area contributed by atoms with Crippen molar-refractivity contribution in [2.75, 3.05) is 4.72 Å². The maximum Gasteiger partial charge on any atom is 0.295 e. The normalized spacial score (nSPS) is 11.3. The number of hydrogen-bond donors (Lipinski definition) is 1. The predicted octanol–water partition coefficient (Wildman–Crippen LogP) is 1.98. The molecular weight excluding hydrogens is 314 g/mol. The molecule has 0 radical (unpaired) electrons. The molecule has 0 amide bonds. The Labute approximate surface area is 133 Å². The van der Waals surface area contributed by atoms with Crippen LogP contribution < -0.4 is 10.3 Å². The molecule has 0 aliphatic rings. The van der Waals surface area contributed by atoms with E-state index in [0.29, 0.717) is 5.69 Å². The molecule has 0 bridgehead atoms. The zero-order valence-electron chi connectivity index (χ0n) is 12.4. The van der Waals surface area contributed by atoms with Gasteiger partial charge in [0.05, 0.1) is 16.8 Å². The van der Waals surface area contributed by atoms with Crippen molar-refractivity contribution in [3.8, 4) is 5.69 Å². The molecule has 0 fully saturated rings. The zero-order chi connectivity index (χ0) is 16.4. The second kappa shape index (κ2) is 5.77. The number of hydrogen-bond acceptors (Lipinski definition) is 3. The van der Waals surface area contributed by atoms with Crippen LogP contribution in [-0.4, -0.2) is 17.8 Å². The molecule has 23 heavy (non-hydrogen) atoms. The van der Waals surface area contributed by atoms with E-state index in [1.165, 1.54) is 23.0 Å². The van der Waals surface area contributed by atoms with E-state index in [-0.39, 0.29) is 10.6 Å². The zero-order valence-corrected chi connectivity index (χ0v) is 13.2. The van der Waals surface area contributed by atoms with Crippen molar-refractivity contribution in [2.45, 2.75) is 4.90 Å². The summed E-state index contributed by atoms with van der Waals surface area (Å²) in [7, 11) is -2.12. The van der Waals surface area contributed by atoms with Crippen LogP contribution in [0.2, 0.25) is 0 Å². The second-order valence-corrected chi connectivity index (χ2v) is 6.67. The Kier molecular flexibility index (Phi) is 3.79. The summed E-state index contributed by atoms with van der Waals surface area (Å²) in [6.07, 6.45) is 1.45. The van der Waals surface area contributed by atoms with E-state index < -0.39 is 15.6 Å². The number of anilines is 1. The summed E-state index contributed by atoms with van der Waals surface area (Å²) in [5, 5.41) is 0. The Morgan fingerprint density at radius 1 is 0.913 bits per heavy atom. The lowest BCUT2D eigenvalue weighted by Gasteiger charge is -2.05. The van der Waals surface area contributed by atoms with Gasteiger partial charge in [-0.05, 0) is 24.3 Å². The molecule has 0 spiro atoms. The minimum absolute atomic E-state index is 0.000191. The average molecular weight is 329 g/mol. The number of nitrogens with zero attached hydrogens (tertiary/aromatic N) is 2. The minimum Gasteiger partial charge on any atom is -0.286 e. The summed E-state index contributed by atoms with van der Waals surface area (Å²) in [4.78, 5) is 12.6. The van der Waals surface area contributed by atoms with E-state index >= 15 is 0 Å². The topological polar surface area (TPSA) is 73.1 Å². The number of sulfonamides is 1. The predicted molar refractivity (Wildman–Crippen MR) is 88.3 cm³/mol. The third-order valence-electron chi connectivity index (χ3n) is 3.35. The lowest BCUT2D eigenvalue weighted by molar-refractivity contribution is 0.601. The number of aromatic nitrogens is 2. The Hall–Kier alpha value is -2.80. The summed E-state index contributed by atoms with van der Waals surface area (Å²) in [6.45, 7) is 0. The maximum absolute atomic E-state index is 12.5. The second-order valence-electron chi connectivity index (χ2n) is 4.99. The van der Waals surface area contributed by atoms with Gasteiger partial charge >= 0.3 is 0 Å². The monoisotopic (exact) mass is 329 g/mol. The summed E-state index contributed by atoms with van der Waals surface area (Å²) in [6, 6.07) is 16.9. The molecule has 3 rings (SSSR count). The van der Waals surface area contributed by atoms with Gasteiger partial charge in [-0.1, -0.05) is 36.4 Å². The van der Waals surface area contributed by atoms with E-state index in [4.69, 9.17) is 0 Å². The molecule has 0 aliphatic heterocycles. The molecule has 0 unspecified atom stereocenters. The summed E-state index contributed by atoms with van der Waals surface area (Å²) < 4.78 is 30.0. The van der Waals surface area contributed by atoms with E-state index in [1.807, 2.05) is 18.2 Å². The SMILES string of the molecule is Cn1cc(NS(=O)(=O)c2ccccc2)c(=O)n1-c1ccccc1. The molecule has 0 saturated heterocycles. The van der Waals surface area contributed by atoms with Gasteiger partial charge in [0.2, 0.25) is 0 Å². The van der Waals surface area contributed by atoms with Crippen molar-refractivity contribution in [3.05, 3.63) is 77.2 Å². The van der Waals surface area contributed by atoms with E-state index in [9.17, 15) is 13.2 Å². The fraction of sp³-hybridized carbons (Fsp3) is 0.0625. The molecule has 6 nitrogen and oxygen atoms in total. The van der Waals surface area contributed by atoms with Crippen molar-refractivity contribution in [3.63, 3.8) is 0 Å².